The van der Waals surface area contributed by atoms with Crippen molar-refractivity contribution in [3.63, 3.8) is 0 Å². The molecular weight excluding hydrogens is 554 g/mol. The molecule has 3 aromatic rings. The van der Waals surface area contributed by atoms with Crippen LogP contribution in [0.2, 0.25) is 0 Å². The number of methoxy groups -OCH3 is 1. The Labute approximate surface area is 251 Å². The maximum atomic E-state index is 13.4. The van der Waals surface area contributed by atoms with Crippen molar-refractivity contribution in [3.8, 4) is 11.5 Å². The predicted molar refractivity (Wildman–Crippen MR) is 157 cm³/mol. The van der Waals surface area contributed by atoms with Crippen LogP contribution in [0.4, 0.5) is 0 Å². The number of hydrogen-bond donors (Lipinski definition) is 2. The third-order valence-electron chi connectivity index (χ3n) is 7.40. The minimum atomic E-state index is -0.441. The summed E-state index contributed by atoms with van der Waals surface area (Å²) >= 11 is 0. The van der Waals surface area contributed by atoms with E-state index in [-0.39, 0.29) is 49.8 Å². The van der Waals surface area contributed by atoms with E-state index in [1.807, 2.05) is 27.7 Å². The SMILES string of the molecule is COc1ccc2cc1OCCn1nc(C)nc1[C@H](C(C)C)NC(=O)CN(C(=O)CCc1c(C)noc1C)CCCNC2=O. The number of aromatic nitrogens is 4. The number of benzene rings is 1. The molecule has 13 heteroatoms. The number of nitrogens with zero attached hydrogens (tertiary/aromatic N) is 5. The van der Waals surface area contributed by atoms with E-state index in [1.165, 1.54) is 12.0 Å². The number of carbonyl (C=O) groups is 3. The van der Waals surface area contributed by atoms with Crippen LogP contribution in [0.5, 0.6) is 11.5 Å². The first-order valence-electron chi connectivity index (χ1n) is 14.6. The molecule has 0 unspecified atom stereocenters. The molecule has 0 fully saturated rings. The molecule has 2 N–H and O–H groups in total. The van der Waals surface area contributed by atoms with E-state index in [0.29, 0.717) is 60.4 Å². The van der Waals surface area contributed by atoms with E-state index >= 15 is 0 Å². The van der Waals surface area contributed by atoms with Crippen LogP contribution in [0.25, 0.3) is 0 Å². The van der Waals surface area contributed by atoms with Gasteiger partial charge in [-0.15, -0.1) is 0 Å². The van der Waals surface area contributed by atoms with Crippen LogP contribution < -0.4 is 20.1 Å². The lowest BCUT2D eigenvalue weighted by Gasteiger charge is -2.26. The first-order chi connectivity index (χ1) is 20.6. The molecular formula is C30H41N7O6. The lowest BCUT2D eigenvalue weighted by Crippen LogP contribution is -2.44. The van der Waals surface area contributed by atoms with Gasteiger partial charge in [-0.3, -0.25) is 14.4 Å². The molecule has 3 amide bonds. The summed E-state index contributed by atoms with van der Waals surface area (Å²) in [7, 11) is 1.54. The number of amides is 3. The van der Waals surface area contributed by atoms with E-state index in [2.05, 4.69) is 25.9 Å². The van der Waals surface area contributed by atoms with Gasteiger partial charge in [-0.25, -0.2) is 9.67 Å². The normalized spacial score (nSPS) is 16.9. The highest BCUT2D eigenvalue weighted by molar-refractivity contribution is 5.94. The average Bonchev–Trinajstić information content (AvgIpc) is 3.50. The van der Waals surface area contributed by atoms with E-state index < -0.39 is 6.04 Å². The van der Waals surface area contributed by atoms with Gasteiger partial charge in [-0.1, -0.05) is 19.0 Å². The molecule has 0 aliphatic carbocycles. The molecule has 13 nitrogen and oxygen atoms in total. The van der Waals surface area contributed by atoms with Gasteiger partial charge in [0.25, 0.3) is 5.91 Å². The van der Waals surface area contributed by atoms with Crippen molar-refractivity contribution in [2.45, 2.75) is 66.5 Å². The Hall–Kier alpha value is -4.42. The lowest BCUT2D eigenvalue weighted by molar-refractivity contribution is -0.136. The number of carbonyl (C=O) groups excluding carboxylic acids is 3. The zero-order chi connectivity index (χ0) is 31.1. The molecule has 0 saturated heterocycles. The maximum absolute atomic E-state index is 13.4. The summed E-state index contributed by atoms with van der Waals surface area (Å²) in [5.41, 5.74) is 2.06. The first kappa shape index (κ1) is 31.5. The summed E-state index contributed by atoms with van der Waals surface area (Å²) in [6, 6.07) is 4.56. The van der Waals surface area contributed by atoms with Crippen molar-refractivity contribution in [1.82, 2.24) is 35.5 Å². The molecule has 0 saturated carbocycles. The second kappa shape index (κ2) is 14.2. The summed E-state index contributed by atoms with van der Waals surface area (Å²) in [6.07, 6.45) is 1.10. The fourth-order valence-electron chi connectivity index (χ4n) is 5.08. The van der Waals surface area contributed by atoms with Gasteiger partial charge >= 0.3 is 0 Å². The van der Waals surface area contributed by atoms with Crippen molar-refractivity contribution in [2.24, 2.45) is 5.92 Å². The van der Waals surface area contributed by atoms with Crippen LogP contribution >= 0.6 is 0 Å². The number of nitrogens with one attached hydrogen (secondary N) is 2. The number of rotatable bonds is 5. The number of fused-ring (bicyclic) bond motifs is 3. The smallest absolute Gasteiger partial charge is 0.251 e. The van der Waals surface area contributed by atoms with E-state index in [1.54, 1.807) is 29.8 Å². The van der Waals surface area contributed by atoms with Crippen molar-refractivity contribution in [3.05, 3.63) is 52.4 Å². The largest absolute Gasteiger partial charge is 0.493 e. The molecule has 1 aromatic carbocycles. The van der Waals surface area contributed by atoms with Gasteiger partial charge in [0.1, 0.15) is 24.0 Å². The molecule has 0 radical (unpaired) electrons. The number of hydrogen-bond acceptors (Lipinski definition) is 9. The van der Waals surface area contributed by atoms with Crippen LogP contribution in [0.15, 0.2) is 22.7 Å². The zero-order valence-corrected chi connectivity index (χ0v) is 25.7. The van der Waals surface area contributed by atoms with Gasteiger partial charge in [-0.2, -0.15) is 5.10 Å². The molecule has 1 atom stereocenters. The summed E-state index contributed by atoms with van der Waals surface area (Å²) < 4.78 is 18.4. The van der Waals surface area contributed by atoms with Crippen LogP contribution in [0.1, 0.15) is 71.8 Å². The Morgan fingerprint density at radius 1 is 1.19 bits per heavy atom. The van der Waals surface area contributed by atoms with Gasteiger partial charge in [0.05, 0.1) is 31.9 Å². The lowest BCUT2D eigenvalue weighted by atomic mass is 10.0. The van der Waals surface area contributed by atoms with Crippen LogP contribution in [0, 0.1) is 26.7 Å². The Kier molecular flexibility index (Phi) is 10.4. The second-order valence-corrected chi connectivity index (χ2v) is 11.0. The minimum absolute atomic E-state index is 0.00602. The molecule has 3 heterocycles. The van der Waals surface area contributed by atoms with E-state index in [9.17, 15) is 14.4 Å². The Morgan fingerprint density at radius 3 is 2.67 bits per heavy atom. The highest BCUT2D eigenvalue weighted by Crippen LogP contribution is 2.28. The molecule has 0 spiro atoms. The van der Waals surface area contributed by atoms with Crippen molar-refractivity contribution < 1.29 is 28.4 Å². The van der Waals surface area contributed by atoms with Gasteiger partial charge in [-0.05, 0) is 57.7 Å². The van der Waals surface area contributed by atoms with Crippen LogP contribution in [-0.4, -0.2) is 75.9 Å². The molecule has 1 aliphatic rings. The third kappa shape index (κ3) is 7.90. The standard InChI is InChI=1S/C30H41N7O6/c1-18(2)28-29-32-21(5)34-37(29)14-15-42-25-16-22(8-10-24(25)41-6)30(40)31-12-7-13-36(17-26(38)33-28)27(39)11-9-23-19(3)35-43-20(23)4/h8,10,16,18,28H,7,9,11-15,17H2,1-6H3,(H,31,40)(H,33,38)/t28-/m0/s1. The summed E-state index contributed by atoms with van der Waals surface area (Å²) in [6.45, 7) is 10.5. The van der Waals surface area contributed by atoms with Crippen molar-refractivity contribution in [1.29, 1.82) is 0 Å². The first-order valence-corrected chi connectivity index (χ1v) is 14.6. The van der Waals surface area contributed by atoms with Crippen LogP contribution in [-0.2, 0) is 22.6 Å². The highest BCUT2D eigenvalue weighted by atomic mass is 16.5. The summed E-state index contributed by atoms with van der Waals surface area (Å²) in [5.74, 6) is 2.00. The predicted octanol–water partition coefficient (Wildman–Crippen LogP) is 2.69. The average molecular weight is 596 g/mol. The zero-order valence-electron chi connectivity index (χ0n) is 25.7. The molecule has 2 bridgehead atoms. The topological polar surface area (TPSA) is 154 Å². The van der Waals surface area contributed by atoms with Crippen molar-refractivity contribution in [2.75, 3.05) is 33.4 Å². The Bertz CT molecular complexity index is 1430. The molecule has 1 aliphatic heterocycles. The van der Waals surface area contributed by atoms with Gasteiger partial charge < -0.3 is 29.5 Å². The van der Waals surface area contributed by atoms with Gasteiger partial charge in [0, 0.05) is 30.6 Å². The molecule has 2 aromatic heterocycles. The Morgan fingerprint density at radius 2 is 1.98 bits per heavy atom. The molecule has 43 heavy (non-hydrogen) atoms. The molecule has 232 valence electrons. The fraction of sp³-hybridized carbons (Fsp3) is 0.533. The van der Waals surface area contributed by atoms with Crippen LogP contribution in [0.3, 0.4) is 0 Å². The quantitative estimate of drug-likeness (QED) is 0.453. The van der Waals surface area contributed by atoms with Gasteiger partial charge in [0.15, 0.2) is 11.5 Å². The highest BCUT2D eigenvalue weighted by Gasteiger charge is 2.27. The number of aryl methyl sites for hydroxylation is 3. The Balaban J connectivity index is 1.60. The monoisotopic (exact) mass is 595 g/mol. The summed E-state index contributed by atoms with van der Waals surface area (Å²) in [4.78, 5) is 45.9. The maximum Gasteiger partial charge on any atom is 0.251 e. The van der Waals surface area contributed by atoms with E-state index in [0.717, 1.165) is 11.3 Å². The minimum Gasteiger partial charge on any atom is -0.493 e. The van der Waals surface area contributed by atoms with E-state index in [4.69, 9.17) is 14.0 Å². The van der Waals surface area contributed by atoms with Gasteiger partial charge in [0.2, 0.25) is 11.8 Å². The summed E-state index contributed by atoms with van der Waals surface area (Å²) in [5, 5.41) is 14.5. The van der Waals surface area contributed by atoms with Crippen molar-refractivity contribution >= 4 is 17.7 Å². The third-order valence-corrected chi connectivity index (χ3v) is 7.40. The number of ether oxygens (including phenoxy) is 2. The molecule has 4 rings (SSSR count). The second-order valence-electron chi connectivity index (χ2n) is 11.0. The fourth-order valence-corrected chi connectivity index (χ4v) is 5.08.